The number of nitrogens with one attached hydrogen (secondary N) is 1. The number of carbonyl (C=O) groups excluding carboxylic acids is 1. The van der Waals surface area contributed by atoms with E-state index < -0.39 is 0 Å². The molecule has 8 heteroatoms. The van der Waals surface area contributed by atoms with Crippen LogP contribution in [0.15, 0.2) is 4.99 Å². The number of aliphatic imine (C=N–C) groups is 1. The van der Waals surface area contributed by atoms with Gasteiger partial charge in [0.15, 0.2) is 5.96 Å². The lowest BCUT2D eigenvalue weighted by atomic mass is 9.80. The standard InChI is InChI=1S/C23H41N5O3/c1-2-24-22(27-12-10-26(11-13-27)21(29)20-7-6-16-31-20)25-19-23(8-4-3-5-9-23)28-14-17-30-18-15-28/h20H,2-19H2,1H3,(H,24,25). The number of carbonyl (C=O) groups is 1. The maximum atomic E-state index is 12.7. The molecule has 4 aliphatic rings. The molecule has 0 spiro atoms. The fraction of sp³-hybridized carbons (Fsp3) is 0.913. The summed E-state index contributed by atoms with van der Waals surface area (Å²) in [6, 6.07) is 0. The zero-order chi connectivity index (χ0) is 21.5. The minimum absolute atomic E-state index is 0.174. The summed E-state index contributed by atoms with van der Waals surface area (Å²) in [5.41, 5.74) is 0.181. The van der Waals surface area contributed by atoms with Gasteiger partial charge in [0.2, 0.25) is 0 Å². The largest absolute Gasteiger partial charge is 0.379 e. The molecule has 0 aromatic rings. The van der Waals surface area contributed by atoms with Gasteiger partial charge in [0.1, 0.15) is 6.10 Å². The number of hydrogen-bond acceptors (Lipinski definition) is 5. The van der Waals surface area contributed by atoms with E-state index in [0.29, 0.717) is 0 Å². The summed E-state index contributed by atoms with van der Waals surface area (Å²) in [5, 5.41) is 3.52. The highest BCUT2D eigenvalue weighted by Gasteiger charge is 2.39. The molecule has 0 radical (unpaired) electrons. The molecule has 31 heavy (non-hydrogen) atoms. The molecule has 1 saturated carbocycles. The Kier molecular flexibility index (Phi) is 8.07. The van der Waals surface area contributed by atoms with Gasteiger partial charge in [-0.05, 0) is 32.6 Å². The average Bonchev–Trinajstić information content (AvgIpc) is 3.38. The van der Waals surface area contributed by atoms with E-state index in [1.54, 1.807) is 0 Å². The van der Waals surface area contributed by atoms with Gasteiger partial charge in [-0.3, -0.25) is 14.7 Å². The highest BCUT2D eigenvalue weighted by molar-refractivity contribution is 5.83. The molecule has 1 aliphatic carbocycles. The van der Waals surface area contributed by atoms with Crippen LogP contribution in [0.25, 0.3) is 0 Å². The monoisotopic (exact) mass is 435 g/mol. The number of nitrogens with zero attached hydrogens (tertiary/aromatic N) is 4. The molecule has 1 amide bonds. The highest BCUT2D eigenvalue weighted by Crippen LogP contribution is 2.34. The maximum Gasteiger partial charge on any atom is 0.251 e. The minimum Gasteiger partial charge on any atom is -0.379 e. The first-order chi connectivity index (χ1) is 15.2. The summed E-state index contributed by atoms with van der Waals surface area (Å²) in [5.74, 6) is 1.18. The van der Waals surface area contributed by atoms with E-state index in [2.05, 4.69) is 22.0 Å². The number of rotatable bonds is 5. The number of guanidine groups is 1. The van der Waals surface area contributed by atoms with Crippen LogP contribution in [0.2, 0.25) is 0 Å². The van der Waals surface area contributed by atoms with E-state index in [0.717, 1.165) is 91.0 Å². The van der Waals surface area contributed by atoms with Crippen LogP contribution in [0.4, 0.5) is 0 Å². The van der Waals surface area contributed by atoms with Gasteiger partial charge >= 0.3 is 0 Å². The molecule has 1 atom stereocenters. The molecule has 176 valence electrons. The van der Waals surface area contributed by atoms with Gasteiger partial charge in [0, 0.05) is 58.0 Å². The average molecular weight is 436 g/mol. The van der Waals surface area contributed by atoms with E-state index in [1.807, 2.05) is 4.90 Å². The molecule has 0 aromatic heterocycles. The van der Waals surface area contributed by atoms with Crippen LogP contribution >= 0.6 is 0 Å². The van der Waals surface area contributed by atoms with Gasteiger partial charge in [-0.25, -0.2) is 0 Å². The minimum atomic E-state index is -0.215. The van der Waals surface area contributed by atoms with Crippen LogP contribution in [-0.2, 0) is 14.3 Å². The van der Waals surface area contributed by atoms with Crippen LogP contribution in [0.3, 0.4) is 0 Å². The molecule has 1 unspecified atom stereocenters. The van der Waals surface area contributed by atoms with E-state index in [-0.39, 0.29) is 17.6 Å². The van der Waals surface area contributed by atoms with Gasteiger partial charge in [0.05, 0.1) is 19.8 Å². The van der Waals surface area contributed by atoms with Crippen molar-refractivity contribution in [3.05, 3.63) is 0 Å². The van der Waals surface area contributed by atoms with Crippen LogP contribution in [0.5, 0.6) is 0 Å². The number of hydrogen-bond donors (Lipinski definition) is 1. The summed E-state index contributed by atoms with van der Waals surface area (Å²) >= 11 is 0. The van der Waals surface area contributed by atoms with Crippen molar-refractivity contribution in [1.82, 2.24) is 20.0 Å². The van der Waals surface area contributed by atoms with Crippen molar-refractivity contribution in [2.45, 2.75) is 63.5 Å². The topological polar surface area (TPSA) is 69.6 Å². The van der Waals surface area contributed by atoms with Crippen molar-refractivity contribution < 1.29 is 14.3 Å². The van der Waals surface area contributed by atoms with Crippen LogP contribution in [0, 0.1) is 0 Å². The van der Waals surface area contributed by atoms with Crippen molar-refractivity contribution in [1.29, 1.82) is 0 Å². The summed E-state index contributed by atoms with van der Waals surface area (Å²) in [4.78, 5) is 24.8. The molecule has 3 aliphatic heterocycles. The Morgan fingerprint density at radius 1 is 0.968 bits per heavy atom. The predicted octanol–water partition coefficient (Wildman–Crippen LogP) is 1.31. The van der Waals surface area contributed by atoms with E-state index in [1.165, 1.54) is 32.1 Å². The van der Waals surface area contributed by atoms with E-state index in [4.69, 9.17) is 14.5 Å². The van der Waals surface area contributed by atoms with Crippen molar-refractivity contribution >= 4 is 11.9 Å². The molecular weight excluding hydrogens is 394 g/mol. The fourth-order valence-corrected chi connectivity index (χ4v) is 5.58. The second kappa shape index (κ2) is 11.0. The third kappa shape index (κ3) is 5.52. The van der Waals surface area contributed by atoms with Gasteiger partial charge < -0.3 is 24.6 Å². The van der Waals surface area contributed by atoms with Crippen molar-refractivity contribution in [3.63, 3.8) is 0 Å². The third-order valence-electron chi connectivity index (χ3n) is 7.42. The molecule has 0 aromatic carbocycles. The number of morpholine rings is 1. The molecule has 4 fully saturated rings. The molecule has 8 nitrogen and oxygen atoms in total. The SMILES string of the molecule is CCNC(=NCC1(N2CCOCC2)CCCCC1)N1CCN(C(=O)C2CCCO2)CC1. The zero-order valence-corrected chi connectivity index (χ0v) is 19.3. The molecule has 3 saturated heterocycles. The Labute approximate surface area is 187 Å². The van der Waals surface area contributed by atoms with E-state index in [9.17, 15) is 4.79 Å². The lowest BCUT2D eigenvalue weighted by Gasteiger charge is -2.47. The quantitative estimate of drug-likeness (QED) is 0.519. The lowest BCUT2D eigenvalue weighted by Crippen LogP contribution is -2.58. The summed E-state index contributed by atoms with van der Waals surface area (Å²) in [6.45, 7) is 11.4. The molecular formula is C23H41N5O3. The Morgan fingerprint density at radius 2 is 1.68 bits per heavy atom. The summed E-state index contributed by atoms with van der Waals surface area (Å²) in [7, 11) is 0. The first kappa shape index (κ1) is 22.8. The van der Waals surface area contributed by atoms with Gasteiger partial charge in [0.25, 0.3) is 5.91 Å². The number of ether oxygens (including phenoxy) is 2. The zero-order valence-electron chi connectivity index (χ0n) is 19.3. The molecule has 1 N–H and O–H groups in total. The Morgan fingerprint density at radius 3 is 2.32 bits per heavy atom. The molecule has 3 heterocycles. The third-order valence-corrected chi connectivity index (χ3v) is 7.42. The normalized spacial score (nSPS) is 28.0. The van der Waals surface area contributed by atoms with Gasteiger partial charge in [-0.2, -0.15) is 0 Å². The first-order valence-corrected chi connectivity index (χ1v) is 12.5. The Balaban J connectivity index is 1.38. The maximum absolute atomic E-state index is 12.7. The smallest absolute Gasteiger partial charge is 0.251 e. The first-order valence-electron chi connectivity index (χ1n) is 12.5. The van der Waals surface area contributed by atoms with Gasteiger partial charge in [-0.1, -0.05) is 19.3 Å². The Bertz CT molecular complexity index is 602. The van der Waals surface area contributed by atoms with Crippen LogP contribution < -0.4 is 5.32 Å². The predicted molar refractivity (Wildman–Crippen MR) is 121 cm³/mol. The second-order valence-corrected chi connectivity index (χ2v) is 9.37. The number of amides is 1. The highest BCUT2D eigenvalue weighted by atomic mass is 16.5. The van der Waals surface area contributed by atoms with Crippen molar-refractivity contribution in [2.24, 2.45) is 4.99 Å². The lowest BCUT2D eigenvalue weighted by molar-refractivity contribution is -0.142. The van der Waals surface area contributed by atoms with Crippen LogP contribution in [-0.4, -0.2) is 110 Å². The van der Waals surface area contributed by atoms with E-state index >= 15 is 0 Å². The summed E-state index contributed by atoms with van der Waals surface area (Å²) in [6.07, 6.45) is 8.06. The Hall–Kier alpha value is -1.38. The molecule has 0 bridgehead atoms. The van der Waals surface area contributed by atoms with Gasteiger partial charge in [-0.15, -0.1) is 0 Å². The molecule has 4 rings (SSSR count). The van der Waals surface area contributed by atoms with Crippen molar-refractivity contribution in [2.75, 3.05) is 72.2 Å². The van der Waals surface area contributed by atoms with Crippen LogP contribution in [0.1, 0.15) is 51.9 Å². The summed E-state index contributed by atoms with van der Waals surface area (Å²) < 4.78 is 11.2. The second-order valence-electron chi connectivity index (χ2n) is 9.37. The number of piperazine rings is 1. The van der Waals surface area contributed by atoms with Crippen molar-refractivity contribution in [3.8, 4) is 0 Å². The fourth-order valence-electron chi connectivity index (χ4n) is 5.58.